The topological polar surface area (TPSA) is 42.0 Å². The minimum atomic E-state index is -4.86. The maximum atomic E-state index is 13.5. The van der Waals surface area contributed by atoms with Crippen LogP contribution >= 0.6 is 11.3 Å². The highest BCUT2D eigenvalue weighted by atomic mass is 32.1. The Morgan fingerprint density at radius 3 is 2.57 bits per heavy atom. The molecule has 2 heterocycles. The number of halogens is 4. The van der Waals surface area contributed by atoms with Gasteiger partial charge in [-0.2, -0.15) is 13.2 Å². The van der Waals surface area contributed by atoms with Crippen molar-refractivity contribution in [2.24, 2.45) is 0 Å². The summed E-state index contributed by atoms with van der Waals surface area (Å²) in [4.78, 5) is 18.4. The maximum Gasteiger partial charge on any atom is 0.419 e. The van der Waals surface area contributed by atoms with Crippen molar-refractivity contribution in [1.29, 1.82) is 0 Å². The van der Waals surface area contributed by atoms with Crippen LogP contribution in [0.2, 0.25) is 0 Å². The highest BCUT2D eigenvalue weighted by Gasteiger charge is 2.34. The standard InChI is InChI=1S/C22H14F4N2OS/c1-12-4-7-18-14(9-12)15(11-19(28-18)20-3-2-8-30-20)21(29)27-13-5-6-17(23)16(10-13)22(24,25)26/h2-11H,1H3,(H,27,29). The van der Waals surface area contributed by atoms with Gasteiger partial charge in [0, 0.05) is 11.1 Å². The summed E-state index contributed by atoms with van der Waals surface area (Å²) in [6.45, 7) is 1.86. The molecule has 30 heavy (non-hydrogen) atoms. The van der Waals surface area contributed by atoms with E-state index in [-0.39, 0.29) is 11.3 Å². The van der Waals surface area contributed by atoms with Crippen LogP contribution in [0.15, 0.2) is 60.0 Å². The van der Waals surface area contributed by atoms with E-state index in [2.05, 4.69) is 10.3 Å². The van der Waals surface area contributed by atoms with Crippen molar-refractivity contribution in [1.82, 2.24) is 4.98 Å². The van der Waals surface area contributed by atoms with E-state index in [0.717, 1.165) is 16.5 Å². The van der Waals surface area contributed by atoms with Crippen LogP contribution in [0.1, 0.15) is 21.5 Å². The van der Waals surface area contributed by atoms with E-state index in [1.54, 1.807) is 18.2 Å². The summed E-state index contributed by atoms with van der Waals surface area (Å²) in [5.74, 6) is -2.00. The predicted molar refractivity (Wildman–Crippen MR) is 109 cm³/mol. The fourth-order valence-electron chi connectivity index (χ4n) is 3.10. The van der Waals surface area contributed by atoms with Crippen LogP contribution in [-0.2, 0) is 6.18 Å². The van der Waals surface area contributed by atoms with Crippen LogP contribution in [0, 0.1) is 12.7 Å². The molecular formula is C22H14F4N2OS. The molecule has 8 heteroatoms. The number of amides is 1. The molecule has 0 unspecified atom stereocenters. The first-order chi connectivity index (χ1) is 14.2. The molecule has 0 saturated carbocycles. The lowest BCUT2D eigenvalue weighted by atomic mass is 10.0. The lowest BCUT2D eigenvalue weighted by Gasteiger charge is -2.13. The average molecular weight is 430 g/mol. The Morgan fingerprint density at radius 1 is 1.07 bits per heavy atom. The second-order valence-electron chi connectivity index (χ2n) is 6.70. The summed E-state index contributed by atoms with van der Waals surface area (Å²) >= 11 is 1.46. The number of fused-ring (bicyclic) bond motifs is 1. The molecule has 0 spiro atoms. The number of aryl methyl sites for hydroxylation is 1. The van der Waals surface area contributed by atoms with Crippen LogP contribution in [0.5, 0.6) is 0 Å². The monoisotopic (exact) mass is 430 g/mol. The number of anilines is 1. The number of nitrogens with one attached hydrogen (secondary N) is 1. The molecule has 3 nitrogen and oxygen atoms in total. The molecular weight excluding hydrogens is 416 g/mol. The van der Waals surface area contributed by atoms with E-state index in [4.69, 9.17) is 0 Å². The zero-order valence-corrected chi connectivity index (χ0v) is 16.4. The molecule has 0 aliphatic carbocycles. The van der Waals surface area contributed by atoms with Crippen molar-refractivity contribution in [3.63, 3.8) is 0 Å². The first-order valence-corrected chi connectivity index (χ1v) is 9.74. The number of thiophene rings is 1. The van der Waals surface area contributed by atoms with Crippen molar-refractivity contribution >= 4 is 33.8 Å². The Kier molecular flexibility index (Phi) is 5.03. The Labute approximate surface area is 173 Å². The van der Waals surface area contributed by atoms with E-state index < -0.39 is 23.5 Å². The number of hydrogen-bond donors (Lipinski definition) is 1. The molecule has 0 saturated heterocycles. The number of aromatic nitrogens is 1. The van der Waals surface area contributed by atoms with E-state index in [1.165, 1.54) is 11.3 Å². The smallest absolute Gasteiger partial charge is 0.322 e. The molecule has 0 atom stereocenters. The second-order valence-corrected chi connectivity index (χ2v) is 7.65. The fraction of sp³-hybridized carbons (Fsp3) is 0.0909. The minimum Gasteiger partial charge on any atom is -0.322 e. The average Bonchev–Trinajstić information content (AvgIpc) is 3.22. The van der Waals surface area contributed by atoms with E-state index >= 15 is 0 Å². The van der Waals surface area contributed by atoms with Gasteiger partial charge in [0.25, 0.3) is 5.91 Å². The van der Waals surface area contributed by atoms with Gasteiger partial charge in [0.05, 0.1) is 27.2 Å². The minimum absolute atomic E-state index is 0.149. The lowest BCUT2D eigenvalue weighted by Crippen LogP contribution is -2.15. The van der Waals surface area contributed by atoms with Gasteiger partial charge in [-0.15, -0.1) is 11.3 Å². The van der Waals surface area contributed by atoms with Gasteiger partial charge < -0.3 is 5.32 Å². The van der Waals surface area contributed by atoms with Crippen molar-refractivity contribution in [2.75, 3.05) is 5.32 Å². The van der Waals surface area contributed by atoms with Gasteiger partial charge in [-0.3, -0.25) is 4.79 Å². The van der Waals surface area contributed by atoms with Crippen LogP contribution < -0.4 is 5.32 Å². The molecule has 4 aromatic rings. The quantitative estimate of drug-likeness (QED) is 0.368. The molecule has 2 aromatic heterocycles. The van der Waals surface area contributed by atoms with Crippen LogP contribution in [0.4, 0.5) is 23.2 Å². The summed E-state index contributed by atoms with van der Waals surface area (Å²) in [5.41, 5.74) is 0.765. The highest BCUT2D eigenvalue weighted by Crippen LogP contribution is 2.33. The zero-order valence-electron chi connectivity index (χ0n) is 15.5. The van der Waals surface area contributed by atoms with Crippen molar-refractivity contribution in [3.8, 4) is 10.6 Å². The summed E-state index contributed by atoms with van der Waals surface area (Å²) in [7, 11) is 0. The van der Waals surface area contributed by atoms with Gasteiger partial charge >= 0.3 is 6.18 Å². The lowest BCUT2D eigenvalue weighted by molar-refractivity contribution is -0.139. The van der Waals surface area contributed by atoms with Crippen molar-refractivity contribution < 1.29 is 22.4 Å². The molecule has 0 bridgehead atoms. The summed E-state index contributed by atoms with van der Waals surface area (Å²) in [6.07, 6.45) is -4.86. The highest BCUT2D eigenvalue weighted by molar-refractivity contribution is 7.13. The number of nitrogens with zero attached hydrogens (tertiary/aromatic N) is 1. The SMILES string of the molecule is Cc1ccc2nc(-c3cccs3)cc(C(=O)Nc3ccc(F)c(C(F)(F)F)c3)c2c1. The van der Waals surface area contributed by atoms with Gasteiger partial charge in [0.2, 0.25) is 0 Å². The van der Waals surface area contributed by atoms with Gasteiger partial charge in [-0.25, -0.2) is 9.37 Å². The van der Waals surface area contributed by atoms with Crippen LogP contribution in [0.3, 0.4) is 0 Å². The van der Waals surface area contributed by atoms with Crippen LogP contribution in [-0.4, -0.2) is 10.9 Å². The molecule has 0 radical (unpaired) electrons. The molecule has 0 aliphatic rings. The Bertz CT molecular complexity index is 1250. The number of hydrogen-bond acceptors (Lipinski definition) is 3. The van der Waals surface area contributed by atoms with Gasteiger partial charge in [-0.1, -0.05) is 17.7 Å². The zero-order chi connectivity index (χ0) is 21.5. The number of alkyl halides is 3. The Morgan fingerprint density at radius 2 is 1.87 bits per heavy atom. The molecule has 0 aliphatic heterocycles. The van der Waals surface area contributed by atoms with Crippen molar-refractivity contribution in [3.05, 3.63) is 82.5 Å². The first kappa shape index (κ1) is 20.0. The third-order valence-electron chi connectivity index (χ3n) is 4.51. The summed E-state index contributed by atoms with van der Waals surface area (Å²) in [5, 5.41) is 4.91. The second kappa shape index (κ2) is 7.53. The Balaban J connectivity index is 1.79. The predicted octanol–water partition coefficient (Wildman–Crippen LogP) is 6.68. The molecule has 4 rings (SSSR count). The summed E-state index contributed by atoms with van der Waals surface area (Å²) in [6, 6.07) is 13.1. The largest absolute Gasteiger partial charge is 0.419 e. The maximum absolute atomic E-state index is 13.5. The Hall–Kier alpha value is -3.26. The normalized spacial score (nSPS) is 11.6. The molecule has 1 N–H and O–H groups in total. The molecule has 1 amide bonds. The van der Waals surface area contributed by atoms with Gasteiger partial charge in [0.1, 0.15) is 5.82 Å². The third kappa shape index (κ3) is 3.91. The van der Waals surface area contributed by atoms with Crippen LogP contribution in [0.25, 0.3) is 21.5 Å². The number of pyridine rings is 1. The van der Waals surface area contributed by atoms with E-state index in [1.807, 2.05) is 30.5 Å². The number of benzene rings is 2. The van der Waals surface area contributed by atoms with Crippen molar-refractivity contribution in [2.45, 2.75) is 13.1 Å². The van der Waals surface area contributed by atoms with Gasteiger partial charge in [0.15, 0.2) is 0 Å². The van der Waals surface area contributed by atoms with Gasteiger partial charge in [-0.05, 0) is 54.8 Å². The molecule has 0 fully saturated rings. The number of carbonyl (C=O) groups excluding carboxylic acids is 1. The molecule has 2 aromatic carbocycles. The number of carbonyl (C=O) groups is 1. The van der Waals surface area contributed by atoms with E-state index in [9.17, 15) is 22.4 Å². The summed E-state index contributed by atoms with van der Waals surface area (Å²) < 4.78 is 52.5. The van der Waals surface area contributed by atoms with E-state index in [0.29, 0.717) is 28.7 Å². The fourth-order valence-corrected chi connectivity index (χ4v) is 3.78. The first-order valence-electron chi connectivity index (χ1n) is 8.86. The number of rotatable bonds is 3. The molecule has 152 valence electrons. The third-order valence-corrected chi connectivity index (χ3v) is 5.40.